The highest BCUT2D eigenvalue weighted by molar-refractivity contribution is 8.27. The van der Waals surface area contributed by atoms with Gasteiger partial charge in [-0.2, -0.15) is 0 Å². The highest BCUT2D eigenvalue weighted by atomic mass is 32.3. The number of nitrogens with zero attached hydrogens (tertiary/aromatic N) is 1. The van der Waals surface area contributed by atoms with Crippen molar-refractivity contribution in [3.05, 3.63) is 60.2 Å². The van der Waals surface area contributed by atoms with Crippen molar-refractivity contribution in [2.75, 3.05) is 32.2 Å². The summed E-state index contributed by atoms with van der Waals surface area (Å²) in [7, 11) is -0.0160. The minimum Gasteiger partial charge on any atom is -0.399 e. The van der Waals surface area contributed by atoms with Crippen molar-refractivity contribution in [3.8, 4) is 0 Å². The van der Waals surface area contributed by atoms with Crippen LogP contribution in [0.4, 0.5) is 5.69 Å². The molecule has 0 aromatic heterocycles. The van der Waals surface area contributed by atoms with Gasteiger partial charge in [0, 0.05) is 36.0 Å². The van der Waals surface area contributed by atoms with Gasteiger partial charge in [0.05, 0.1) is 13.2 Å². The number of nitrogen functional groups attached to an aromatic ring is 1. The van der Waals surface area contributed by atoms with E-state index in [1.54, 1.807) is 7.11 Å². The average Bonchev–Trinajstić information content (AvgIpc) is 2.75. The van der Waals surface area contributed by atoms with Crippen LogP contribution < -0.4 is 11.5 Å². The predicted molar refractivity (Wildman–Crippen MR) is 132 cm³/mol. The summed E-state index contributed by atoms with van der Waals surface area (Å²) in [6.07, 6.45) is 2.09. The highest BCUT2D eigenvalue weighted by Crippen LogP contribution is 2.56. The van der Waals surface area contributed by atoms with Gasteiger partial charge in [0.15, 0.2) is 0 Å². The maximum atomic E-state index is 10.9. The molecule has 0 bridgehead atoms. The molecule has 0 amide bonds. The molecule has 5 N–H and O–H groups in total. The summed E-state index contributed by atoms with van der Waals surface area (Å²) in [6, 6.07) is 17.5. The molecule has 0 aliphatic carbocycles. The van der Waals surface area contributed by atoms with E-state index >= 15 is 0 Å². The van der Waals surface area contributed by atoms with Crippen LogP contribution in [-0.2, 0) is 10.6 Å². The van der Waals surface area contributed by atoms with E-state index in [9.17, 15) is 5.11 Å². The first kappa shape index (κ1) is 26.5. The summed E-state index contributed by atoms with van der Waals surface area (Å²) >= 11 is 0. The lowest BCUT2D eigenvalue weighted by molar-refractivity contribution is 0.115. The van der Waals surface area contributed by atoms with Gasteiger partial charge in [-0.25, -0.2) is 4.31 Å². The maximum absolute atomic E-state index is 10.9. The van der Waals surface area contributed by atoms with E-state index in [0.29, 0.717) is 18.9 Å². The molecule has 3 unspecified atom stereocenters. The zero-order valence-electron chi connectivity index (χ0n) is 19.4. The molecule has 0 spiro atoms. The Bertz CT molecular complexity index is 712. The number of benzene rings is 2. The van der Waals surface area contributed by atoms with E-state index in [1.807, 2.05) is 68.4 Å². The van der Waals surface area contributed by atoms with E-state index in [2.05, 4.69) is 24.4 Å². The summed E-state index contributed by atoms with van der Waals surface area (Å²) in [5, 5.41) is 10.9. The molecular weight excluding hydrogens is 394 g/mol. The fourth-order valence-corrected chi connectivity index (χ4v) is 5.57. The first-order chi connectivity index (χ1) is 14.3. The number of aliphatic hydroxyl groups is 1. The summed E-state index contributed by atoms with van der Waals surface area (Å²) in [5.74, 6) is 0.424. The number of anilines is 1. The standard InChI is InChI=1S/C22H35N3O2S.C2H6/c1-17(2)15-25(28(4,27-3)20-12-10-19(23)11-13-20)16-22(26)21(24)14-18-8-6-5-7-9-18;1-2/h5-13,17,21-22,26H,14-16,23-24H2,1-4H3;1-2H3. The van der Waals surface area contributed by atoms with Crippen LogP contribution in [0.25, 0.3) is 0 Å². The van der Waals surface area contributed by atoms with Gasteiger partial charge in [0.2, 0.25) is 0 Å². The third-order valence-corrected chi connectivity index (χ3v) is 7.98. The van der Waals surface area contributed by atoms with Gasteiger partial charge in [0.25, 0.3) is 0 Å². The van der Waals surface area contributed by atoms with Crippen LogP contribution in [0.2, 0.25) is 0 Å². The molecule has 0 saturated carbocycles. The van der Waals surface area contributed by atoms with Crippen molar-refractivity contribution in [1.29, 1.82) is 0 Å². The molecule has 0 heterocycles. The molecule has 0 saturated heterocycles. The Morgan fingerprint density at radius 3 is 2.07 bits per heavy atom. The molecule has 30 heavy (non-hydrogen) atoms. The van der Waals surface area contributed by atoms with Gasteiger partial charge >= 0.3 is 0 Å². The lowest BCUT2D eigenvalue weighted by atomic mass is 10.0. The summed E-state index contributed by atoms with van der Waals surface area (Å²) in [4.78, 5) is 1.08. The fourth-order valence-electron chi connectivity index (χ4n) is 3.20. The number of nitrogens with two attached hydrogens (primary N) is 2. The van der Waals surface area contributed by atoms with Crippen molar-refractivity contribution in [3.63, 3.8) is 0 Å². The SMILES string of the molecule is CC.COS(C)(c1ccc(N)cc1)N(CC(C)C)CC(O)C(N)Cc1ccccc1. The van der Waals surface area contributed by atoms with Crippen LogP contribution in [-0.4, -0.2) is 48.0 Å². The van der Waals surface area contributed by atoms with Crippen molar-refractivity contribution < 1.29 is 9.29 Å². The zero-order chi connectivity index (χ0) is 22.7. The molecular formula is C24H41N3O2S. The Kier molecular flexibility index (Phi) is 11.4. The van der Waals surface area contributed by atoms with Crippen molar-refractivity contribution >= 4 is 16.2 Å². The lowest BCUT2D eigenvalue weighted by Gasteiger charge is -2.46. The largest absolute Gasteiger partial charge is 0.399 e. The van der Waals surface area contributed by atoms with Gasteiger partial charge in [-0.1, -0.05) is 68.5 Å². The monoisotopic (exact) mass is 435 g/mol. The Hall–Kier alpha value is -1.57. The first-order valence-electron chi connectivity index (χ1n) is 10.7. The first-order valence-corrected chi connectivity index (χ1v) is 12.6. The molecule has 5 nitrogen and oxygen atoms in total. The van der Waals surface area contributed by atoms with Gasteiger partial charge in [-0.05, 0) is 42.2 Å². The van der Waals surface area contributed by atoms with Gasteiger partial charge in [0.1, 0.15) is 0 Å². The van der Waals surface area contributed by atoms with E-state index in [4.69, 9.17) is 15.7 Å². The second kappa shape index (κ2) is 13.0. The fraction of sp³-hybridized carbons (Fsp3) is 0.500. The molecule has 0 radical (unpaired) electrons. The Balaban J connectivity index is 0.00000218. The highest BCUT2D eigenvalue weighted by Gasteiger charge is 2.32. The van der Waals surface area contributed by atoms with Crippen LogP contribution in [0.5, 0.6) is 0 Å². The Morgan fingerprint density at radius 2 is 1.57 bits per heavy atom. The topological polar surface area (TPSA) is 84.7 Å². The average molecular weight is 436 g/mol. The van der Waals surface area contributed by atoms with Gasteiger partial charge in [-0.3, -0.25) is 0 Å². The smallest absolute Gasteiger partial charge is 0.0830 e. The van der Waals surface area contributed by atoms with Crippen LogP contribution in [0, 0.1) is 5.92 Å². The minimum absolute atomic E-state index is 0.344. The molecule has 0 aliphatic heterocycles. The third kappa shape index (κ3) is 7.60. The van der Waals surface area contributed by atoms with E-state index in [0.717, 1.165) is 22.7 Å². The van der Waals surface area contributed by atoms with Crippen molar-refractivity contribution in [2.45, 2.75) is 51.2 Å². The molecule has 3 atom stereocenters. The number of rotatable bonds is 10. The molecule has 0 aliphatic rings. The minimum atomic E-state index is -1.75. The number of aliphatic hydroxyl groups excluding tert-OH is 1. The molecule has 2 aromatic rings. The summed E-state index contributed by atoms with van der Waals surface area (Å²) < 4.78 is 8.29. The zero-order valence-corrected chi connectivity index (χ0v) is 20.2. The lowest BCUT2D eigenvalue weighted by Crippen LogP contribution is -2.46. The summed E-state index contributed by atoms with van der Waals surface area (Å²) in [5.41, 5.74) is 14.1. The van der Waals surface area contributed by atoms with Crippen molar-refractivity contribution in [1.82, 2.24) is 4.31 Å². The molecule has 2 rings (SSSR count). The van der Waals surface area contributed by atoms with Crippen LogP contribution in [0.15, 0.2) is 59.5 Å². The van der Waals surface area contributed by atoms with Crippen LogP contribution in [0.1, 0.15) is 33.3 Å². The quantitative estimate of drug-likeness (QED) is 0.480. The van der Waals surface area contributed by atoms with E-state index in [1.165, 1.54) is 0 Å². The molecule has 0 fully saturated rings. The number of hydrogen-bond acceptors (Lipinski definition) is 5. The number of hydrogen-bond donors (Lipinski definition) is 3. The molecule has 6 heteroatoms. The van der Waals surface area contributed by atoms with E-state index < -0.39 is 16.6 Å². The molecule has 2 aromatic carbocycles. The third-order valence-electron chi connectivity index (χ3n) is 4.90. The second-order valence-electron chi connectivity index (χ2n) is 7.70. The van der Waals surface area contributed by atoms with Gasteiger partial charge < -0.3 is 20.8 Å². The normalized spacial score (nSPS) is 16.3. The van der Waals surface area contributed by atoms with Crippen LogP contribution in [0.3, 0.4) is 0 Å². The van der Waals surface area contributed by atoms with Gasteiger partial charge in [-0.15, -0.1) is 0 Å². The summed E-state index contributed by atoms with van der Waals surface area (Å²) in [6.45, 7) is 9.60. The maximum Gasteiger partial charge on any atom is 0.0830 e. The van der Waals surface area contributed by atoms with E-state index in [-0.39, 0.29) is 6.04 Å². The van der Waals surface area contributed by atoms with Crippen LogP contribution >= 0.6 is 10.5 Å². The Labute approximate surface area is 185 Å². The Morgan fingerprint density at radius 1 is 1.00 bits per heavy atom. The second-order valence-corrected chi connectivity index (χ2v) is 10.6. The molecule has 170 valence electrons. The van der Waals surface area contributed by atoms with Crippen molar-refractivity contribution in [2.24, 2.45) is 11.7 Å². The predicted octanol–water partition coefficient (Wildman–Crippen LogP) is 4.45.